The fraction of sp³-hybridized carbons (Fsp3) is 0.296. The molecule has 0 radical (unpaired) electrons. The smallest absolute Gasteiger partial charge is 0.267 e. The summed E-state index contributed by atoms with van der Waals surface area (Å²) in [7, 11) is 0. The van der Waals surface area contributed by atoms with Crippen molar-refractivity contribution in [1.29, 1.82) is 0 Å². The van der Waals surface area contributed by atoms with E-state index in [9.17, 15) is 9.59 Å². The van der Waals surface area contributed by atoms with Crippen molar-refractivity contribution in [2.24, 2.45) is 0 Å². The number of carbonyl (C=O) groups excluding carboxylic acids is 1. The van der Waals surface area contributed by atoms with Gasteiger partial charge in [-0.1, -0.05) is 47.1 Å². The first-order valence-corrected chi connectivity index (χ1v) is 14.1. The van der Waals surface area contributed by atoms with Crippen molar-refractivity contribution >= 4 is 60.8 Å². The highest BCUT2D eigenvalue weighted by atomic mass is 79.9. The number of benzene rings is 2. The molecule has 2 heterocycles. The second-order valence-corrected chi connectivity index (χ2v) is 11.6. The first kappa shape index (κ1) is 25.7. The number of fused-ring (bicyclic) bond motifs is 1. The van der Waals surface area contributed by atoms with E-state index in [-0.39, 0.29) is 17.2 Å². The van der Waals surface area contributed by atoms with E-state index < -0.39 is 0 Å². The fourth-order valence-corrected chi connectivity index (χ4v) is 6.29. The lowest BCUT2D eigenvalue weighted by Gasteiger charge is -2.14. The Morgan fingerprint density at radius 3 is 2.54 bits per heavy atom. The van der Waals surface area contributed by atoms with Gasteiger partial charge in [0.05, 0.1) is 16.8 Å². The van der Waals surface area contributed by atoms with Crippen LogP contribution in [-0.4, -0.2) is 21.2 Å². The van der Waals surface area contributed by atoms with Crippen LogP contribution in [0.15, 0.2) is 50.8 Å². The first-order valence-electron chi connectivity index (χ1n) is 11.5. The van der Waals surface area contributed by atoms with Crippen molar-refractivity contribution in [2.75, 3.05) is 11.1 Å². The van der Waals surface area contributed by atoms with E-state index in [0.717, 1.165) is 55.8 Å². The minimum atomic E-state index is -0.147. The van der Waals surface area contributed by atoms with Crippen LogP contribution in [0.3, 0.4) is 0 Å². The summed E-state index contributed by atoms with van der Waals surface area (Å²) in [6, 6.07) is 11.7. The van der Waals surface area contributed by atoms with Gasteiger partial charge in [-0.2, -0.15) is 0 Å². The molecule has 35 heavy (non-hydrogen) atoms. The number of nitrogens with zero attached hydrogens (tertiary/aromatic N) is 2. The highest BCUT2D eigenvalue weighted by Gasteiger charge is 2.20. The van der Waals surface area contributed by atoms with Crippen LogP contribution >= 0.6 is 39.0 Å². The van der Waals surface area contributed by atoms with Crippen LogP contribution in [0.4, 0.5) is 5.69 Å². The summed E-state index contributed by atoms with van der Waals surface area (Å²) < 4.78 is 2.65. The number of hydrogen-bond donors (Lipinski definition) is 1. The SMILES string of the molecule is CCCc1sc2nc(SCC(=O)Nc3ccc(Br)c(C)c3)n(-c3ccc(C)c(C)c3)c(=O)c2c1C. The quantitative estimate of drug-likeness (QED) is 0.190. The number of amides is 1. The third kappa shape index (κ3) is 5.39. The summed E-state index contributed by atoms with van der Waals surface area (Å²) in [6.45, 7) is 10.2. The lowest BCUT2D eigenvalue weighted by atomic mass is 10.1. The molecule has 0 spiro atoms. The number of carbonyl (C=O) groups is 1. The van der Waals surface area contributed by atoms with Gasteiger partial charge in [-0.3, -0.25) is 14.2 Å². The average molecular weight is 571 g/mol. The predicted octanol–water partition coefficient (Wildman–Crippen LogP) is 7.13. The van der Waals surface area contributed by atoms with Gasteiger partial charge in [0.2, 0.25) is 5.91 Å². The summed E-state index contributed by atoms with van der Waals surface area (Å²) in [6.07, 6.45) is 1.93. The number of anilines is 1. The highest BCUT2D eigenvalue weighted by Crippen LogP contribution is 2.31. The molecular weight excluding hydrogens is 542 g/mol. The van der Waals surface area contributed by atoms with Crippen molar-refractivity contribution < 1.29 is 4.79 Å². The molecule has 2 aromatic carbocycles. The zero-order chi connectivity index (χ0) is 25.3. The van der Waals surface area contributed by atoms with Gasteiger partial charge >= 0.3 is 0 Å². The molecule has 0 bridgehead atoms. The van der Waals surface area contributed by atoms with Crippen molar-refractivity contribution in [3.8, 4) is 5.69 Å². The van der Waals surface area contributed by atoms with Gasteiger partial charge in [0, 0.05) is 15.0 Å². The van der Waals surface area contributed by atoms with Gasteiger partial charge in [0.1, 0.15) is 4.83 Å². The molecule has 0 saturated carbocycles. The van der Waals surface area contributed by atoms with Crippen molar-refractivity contribution in [3.05, 3.63) is 78.4 Å². The highest BCUT2D eigenvalue weighted by molar-refractivity contribution is 9.10. The van der Waals surface area contributed by atoms with E-state index in [0.29, 0.717) is 10.5 Å². The maximum absolute atomic E-state index is 13.8. The Balaban J connectivity index is 1.73. The number of thiophene rings is 1. The van der Waals surface area contributed by atoms with Crippen LogP contribution in [0, 0.1) is 27.7 Å². The maximum atomic E-state index is 13.8. The molecule has 0 unspecified atom stereocenters. The Hall–Kier alpha value is -2.42. The Morgan fingerprint density at radius 2 is 1.86 bits per heavy atom. The van der Waals surface area contributed by atoms with Crippen LogP contribution in [0.25, 0.3) is 15.9 Å². The molecule has 5 nitrogen and oxygen atoms in total. The molecule has 0 aliphatic rings. The third-order valence-electron chi connectivity index (χ3n) is 6.03. The van der Waals surface area contributed by atoms with E-state index in [1.165, 1.54) is 16.6 Å². The number of thioether (sulfide) groups is 1. The summed E-state index contributed by atoms with van der Waals surface area (Å²) >= 11 is 6.35. The largest absolute Gasteiger partial charge is 0.325 e. The lowest BCUT2D eigenvalue weighted by Crippen LogP contribution is -2.23. The molecule has 0 aliphatic heterocycles. The molecule has 4 aromatic rings. The molecule has 2 aromatic heterocycles. The Morgan fingerprint density at radius 1 is 1.09 bits per heavy atom. The van der Waals surface area contributed by atoms with Crippen LogP contribution in [0.5, 0.6) is 0 Å². The van der Waals surface area contributed by atoms with Crippen LogP contribution < -0.4 is 10.9 Å². The topological polar surface area (TPSA) is 64.0 Å². The van der Waals surface area contributed by atoms with Gasteiger partial charge in [0.15, 0.2) is 5.16 Å². The number of aryl methyl sites for hydroxylation is 5. The molecule has 4 rings (SSSR count). The molecule has 1 amide bonds. The van der Waals surface area contributed by atoms with Crippen LogP contribution in [0.1, 0.15) is 40.5 Å². The standard InChI is InChI=1S/C27H28BrN3O2S2/c1-6-7-22-18(5)24-25(35-22)30-27(31(26(24)33)20-10-8-15(2)16(3)13-20)34-14-23(32)29-19-9-11-21(28)17(4)12-19/h8-13H,6-7,14H2,1-5H3,(H,29,32). The molecule has 8 heteroatoms. The predicted molar refractivity (Wildman–Crippen MR) is 152 cm³/mol. The van der Waals surface area contributed by atoms with Crippen LogP contribution in [0.2, 0.25) is 0 Å². The average Bonchev–Trinajstić information content (AvgIpc) is 3.12. The Labute approximate surface area is 222 Å². The number of halogens is 1. The second kappa shape index (κ2) is 10.7. The molecular formula is C27H28BrN3O2S2. The van der Waals surface area contributed by atoms with Crippen LogP contribution in [-0.2, 0) is 11.2 Å². The summed E-state index contributed by atoms with van der Waals surface area (Å²) in [5.74, 6) is -0.00361. The van der Waals surface area contributed by atoms with Gasteiger partial charge in [-0.15, -0.1) is 11.3 Å². The third-order valence-corrected chi connectivity index (χ3v) is 9.11. The number of rotatable bonds is 7. The molecule has 0 atom stereocenters. The number of nitrogens with one attached hydrogen (secondary N) is 1. The fourth-order valence-electron chi connectivity index (χ4n) is 3.91. The Kier molecular flexibility index (Phi) is 7.83. The second-order valence-electron chi connectivity index (χ2n) is 8.68. The van der Waals surface area contributed by atoms with E-state index in [2.05, 4.69) is 28.2 Å². The van der Waals surface area contributed by atoms with Crippen molar-refractivity contribution in [1.82, 2.24) is 9.55 Å². The van der Waals surface area contributed by atoms with E-state index >= 15 is 0 Å². The molecule has 0 saturated heterocycles. The van der Waals surface area contributed by atoms with Gasteiger partial charge in [-0.25, -0.2) is 4.98 Å². The zero-order valence-corrected chi connectivity index (χ0v) is 23.7. The molecule has 1 N–H and O–H groups in total. The normalized spacial score (nSPS) is 11.3. The van der Waals surface area contributed by atoms with E-state index in [1.54, 1.807) is 15.9 Å². The van der Waals surface area contributed by atoms with E-state index in [4.69, 9.17) is 4.98 Å². The van der Waals surface area contributed by atoms with Gasteiger partial charge in [-0.05, 0) is 86.7 Å². The Bertz CT molecular complexity index is 1490. The molecule has 182 valence electrons. The number of aromatic nitrogens is 2. The minimum absolute atomic E-state index is 0.0826. The van der Waals surface area contributed by atoms with Crippen molar-refractivity contribution in [2.45, 2.75) is 52.6 Å². The molecule has 0 aliphatic carbocycles. The lowest BCUT2D eigenvalue weighted by molar-refractivity contribution is -0.113. The minimum Gasteiger partial charge on any atom is -0.325 e. The summed E-state index contributed by atoms with van der Waals surface area (Å²) in [5.41, 5.74) is 5.74. The monoisotopic (exact) mass is 569 g/mol. The molecule has 0 fully saturated rings. The summed E-state index contributed by atoms with van der Waals surface area (Å²) in [5, 5.41) is 4.15. The van der Waals surface area contributed by atoms with Gasteiger partial charge in [0.25, 0.3) is 5.56 Å². The van der Waals surface area contributed by atoms with Crippen molar-refractivity contribution in [3.63, 3.8) is 0 Å². The summed E-state index contributed by atoms with van der Waals surface area (Å²) in [4.78, 5) is 33.4. The zero-order valence-electron chi connectivity index (χ0n) is 20.5. The first-order chi connectivity index (χ1) is 16.7. The number of hydrogen-bond acceptors (Lipinski definition) is 5. The van der Waals surface area contributed by atoms with Gasteiger partial charge < -0.3 is 5.32 Å². The maximum Gasteiger partial charge on any atom is 0.267 e. The van der Waals surface area contributed by atoms with E-state index in [1.807, 2.05) is 64.1 Å².